The van der Waals surface area contributed by atoms with Crippen LogP contribution in [0.3, 0.4) is 0 Å². The van der Waals surface area contributed by atoms with Gasteiger partial charge in [-0.05, 0) is 32.1 Å². The Bertz CT molecular complexity index is 1070. The van der Waals surface area contributed by atoms with Crippen molar-refractivity contribution in [3.8, 4) is 0 Å². The van der Waals surface area contributed by atoms with E-state index in [1.165, 1.54) is 109 Å². The molecule has 2 unspecified atom stereocenters. The second kappa shape index (κ2) is 39.7. The van der Waals surface area contributed by atoms with E-state index in [4.69, 9.17) is 18.5 Å². The minimum Gasteiger partial charge on any atom is -0.756 e. The predicted molar refractivity (Wildman–Crippen MR) is 236 cm³/mol. The molecule has 0 aliphatic carbocycles. The first kappa shape index (κ1) is 55.2. The monoisotopic (exact) mass is 826 g/mol. The minimum atomic E-state index is -4.63. The van der Waals surface area contributed by atoms with E-state index in [-0.39, 0.29) is 32.0 Å². The summed E-state index contributed by atoms with van der Waals surface area (Å²) in [5.74, 6) is -0.852. The SMILES string of the molecule is CC/C=C/C=C/C=C/CCCCCCCC(=O)OC(COC(=O)CCCCCCCCCCCCCCCCCCCCCC)COP(=O)([O-])OCC[N+](C)(C)C. The lowest BCUT2D eigenvalue weighted by atomic mass is 10.0. The van der Waals surface area contributed by atoms with Crippen molar-refractivity contribution in [1.29, 1.82) is 0 Å². The number of likely N-dealkylation sites (N-methyl/N-ethyl adjacent to an activating group) is 1. The second-order valence-corrected chi connectivity index (χ2v) is 18.2. The number of hydrogen-bond donors (Lipinski definition) is 0. The van der Waals surface area contributed by atoms with E-state index in [0.717, 1.165) is 57.8 Å². The molecule has 0 heterocycles. The van der Waals surface area contributed by atoms with Gasteiger partial charge in [-0.2, -0.15) is 0 Å². The van der Waals surface area contributed by atoms with Crippen LogP contribution in [0.1, 0.15) is 200 Å². The molecule has 0 N–H and O–H groups in total. The van der Waals surface area contributed by atoms with E-state index < -0.39 is 26.5 Å². The fraction of sp³-hybridized carbons (Fsp3) is 0.830. The first-order chi connectivity index (χ1) is 27.5. The van der Waals surface area contributed by atoms with Gasteiger partial charge in [0.1, 0.15) is 19.8 Å². The average molecular weight is 826 g/mol. The van der Waals surface area contributed by atoms with Crippen molar-refractivity contribution in [2.45, 2.75) is 206 Å². The third-order valence-corrected chi connectivity index (χ3v) is 10.9. The van der Waals surface area contributed by atoms with E-state index in [1.807, 2.05) is 39.4 Å². The van der Waals surface area contributed by atoms with Gasteiger partial charge in [0.25, 0.3) is 7.82 Å². The summed E-state index contributed by atoms with van der Waals surface area (Å²) in [6.45, 7) is 4.09. The maximum Gasteiger partial charge on any atom is 0.306 e. The van der Waals surface area contributed by atoms with Crippen LogP contribution < -0.4 is 4.89 Å². The Balaban J connectivity index is 4.26. The van der Waals surface area contributed by atoms with Crippen molar-refractivity contribution < 1.29 is 42.1 Å². The number of allylic oxidation sites excluding steroid dienone is 6. The summed E-state index contributed by atoms with van der Waals surface area (Å²) in [5, 5.41) is 0. The molecule has 0 aromatic heterocycles. The highest BCUT2D eigenvalue weighted by Crippen LogP contribution is 2.38. The average Bonchev–Trinajstić information content (AvgIpc) is 3.16. The summed E-state index contributed by atoms with van der Waals surface area (Å²) in [6, 6.07) is 0. The van der Waals surface area contributed by atoms with Gasteiger partial charge < -0.3 is 27.9 Å². The van der Waals surface area contributed by atoms with E-state index in [1.54, 1.807) is 0 Å². The van der Waals surface area contributed by atoms with Gasteiger partial charge in [-0.15, -0.1) is 0 Å². The smallest absolute Gasteiger partial charge is 0.306 e. The molecular weight excluding hydrogens is 737 g/mol. The Hall–Kier alpha value is -1.77. The Morgan fingerprint density at radius 3 is 1.47 bits per heavy atom. The fourth-order valence-electron chi connectivity index (χ4n) is 6.36. The largest absolute Gasteiger partial charge is 0.756 e. The third-order valence-electron chi connectivity index (χ3n) is 9.99. The van der Waals surface area contributed by atoms with Crippen molar-refractivity contribution >= 4 is 19.8 Å². The van der Waals surface area contributed by atoms with Crippen LogP contribution in [0.15, 0.2) is 36.5 Å². The lowest BCUT2D eigenvalue weighted by molar-refractivity contribution is -0.870. The van der Waals surface area contributed by atoms with Gasteiger partial charge in [0, 0.05) is 12.8 Å². The molecule has 0 rings (SSSR count). The van der Waals surface area contributed by atoms with Gasteiger partial charge in [-0.3, -0.25) is 14.2 Å². The van der Waals surface area contributed by atoms with Crippen molar-refractivity contribution in [1.82, 2.24) is 0 Å². The highest BCUT2D eigenvalue weighted by Gasteiger charge is 2.21. The quantitative estimate of drug-likeness (QED) is 0.0197. The van der Waals surface area contributed by atoms with E-state index in [0.29, 0.717) is 17.4 Å². The highest BCUT2D eigenvalue weighted by atomic mass is 31.2. The zero-order chi connectivity index (χ0) is 42.1. The molecule has 10 heteroatoms. The molecule has 57 heavy (non-hydrogen) atoms. The van der Waals surface area contributed by atoms with Crippen LogP contribution >= 0.6 is 7.82 Å². The van der Waals surface area contributed by atoms with Gasteiger partial charge >= 0.3 is 11.9 Å². The molecule has 334 valence electrons. The molecule has 2 atom stereocenters. The number of phosphoric acid groups is 1. The van der Waals surface area contributed by atoms with Gasteiger partial charge in [0.2, 0.25) is 0 Å². The summed E-state index contributed by atoms with van der Waals surface area (Å²) in [7, 11) is 1.15. The number of unbranched alkanes of at least 4 members (excludes halogenated alkanes) is 24. The van der Waals surface area contributed by atoms with Crippen LogP contribution in [-0.2, 0) is 32.7 Å². The molecule has 0 spiro atoms. The number of quaternary nitrogens is 1. The lowest BCUT2D eigenvalue weighted by Crippen LogP contribution is -2.37. The van der Waals surface area contributed by atoms with E-state index in [2.05, 4.69) is 32.1 Å². The van der Waals surface area contributed by atoms with Crippen LogP contribution in [0, 0.1) is 0 Å². The molecule has 0 aliphatic rings. The van der Waals surface area contributed by atoms with Gasteiger partial charge in [-0.25, -0.2) is 0 Å². The fourth-order valence-corrected chi connectivity index (χ4v) is 7.09. The number of esters is 2. The topological polar surface area (TPSA) is 111 Å². The zero-order valence-electron chi connectivity index (χ0n) is 37.5. The molecule has 0 aromatic carbocycles. The molecule has 0 radical (unpaired) electrons. The number of carbonyl (C=O) groups is 2. The molecule has 0 aromatic rings. The maximum atomic E-state index is 12.7. The van der Waals surface area contributed by atoms with Crippen molar-refractivity contribution in [2.24, 2.45) is 0 Å². The maximum absolute atomic E-state index is 12.7. The molecular formula is C47H88NO8P. The van der Waals surface area contributed by atoms with Crippen LogP contribution in [-0.4, -0.2) is 70.0 Å². The Morgan fingerprint density at radius 2 is 1.00 bits per heavy atom. The number of carbonyl (C=O) groups excluding carboxylic acids is 2. The summed E-state index contributed by atoms with van der Waals surface area (Å²) in [6.07, 6.45) is 44.6. The number of nitrogens with zero attached hydrogens (tertiary/aromatic N) is 1. The summed E-state index contributed by atoms with van der Waals surface area (Å²) < 4.78 is 33.9. The highest BCUT2D eigenvalue weighted by molar-refractivity contribution is 7.45. The standard InChI is InChI=1S/C47H88NO8P/c1-6-8-10-12-14-16-18-20-21-22-23-24-25-26-28-29-31-33-35-37-39-46(49)53-43-45(44-55-57(51,52)54-42-41-48(3,4)5)56-47(50)40-38-36-34-32-30-27-19-17-15-13-11-9-7-2/h9,11,13,15,17,19,45H,6-8,10,12,14,16,18,20-44H2,1-5H3/b11-9+,15-13+,19-17+. The Kier molecular flexibility index (Phi) is 38.4. The Morgan fingerprint density at radius 1 is 0.561 bits per heavy atom. The second-order valence-electron chi connectivity index (χ2n) is 16.8. The summed E-state index contributed by atoms with van der Waals surface area (Å²) in [5.41, 5.74) is 0. The molecule has 0 aliphatic heterocycles. The third kappa shape index (κ3) is 43.6. The van der Waals surface area contributed by atoms with E-state index >= 15 is 0 Å². The van der Waals surface area contributed by atoms with Crippen LogP contribution in [0.4, 0.5) is 0 Å². The summed E-state index contributed by atoms with van der Waals surface area (Å²) in [4.78, 5) is 37.5. The minimum absolute atomic E-state index is 0.0345. The molecule has 0 fully saturated rings. The van der Waals surface area contributed by atoms with Crippen LogP contribution in [0.2, 0.25) is 0 Å². The van der Waals surface area contributed by atoms with Crippen LogP contribution in [0.25, 0.3) is 0 Å². The zero-order valence-corrected chi connectivity index (χ0v) is 38.4. The van der Waals surface area contributed by atoms with Gasteiger partial charge in [-0.1, -0.05) is 192 Å². The van der Waals surface area contributed by atoms with Crippen molar-refractivity contribution in [2.75, 3.05) is 47.5 Å². The van der Waals surface area contributed by atoms with Gasteiger partial charge in [0.15, 0.2) is 6.10 Å². The van der Waals surface area contributed by atoms with E-state index in [9.17, 15) is 19.0 Å². The predicted octanol–water partition coefficient (Wildman–Crippen LogP) is 12.7. The van der Waals surface area contributed by atoms with Crippen molar-refractivity contribution in [3.05, 3.63) is 36.5 Å². The molecule has 0 amide bonds. The summed E-state index contributed by atoms with van der Waals surface area (Å²) >= 11 is 0. The molecule has 0 saturated carbocycles. The number of phosphoric ester groups is 1. The molecule has 0 bridgehead atoms. The number of ether oxygens (including phenoxy) is 2. The molecule has 9 nitrogen and oxygen atoms in total. The molecule has 0 saturated heterocycles. The van der Waals surface area contributed by atoms with Gasteiger partial charge in [0.05, 0.1) is 27.7 Å². The normalized spacial score (nSPS) is 13.9. The number of hydrogen-bond acceptors (Lipinski definition) is 8. The lowest BCUT2D eigenvalue weighted by Gasteiger charge is -2.28. The van der Waals surface area contributed by atoms with Crippen molar-refractivity contribution in [3.63, 3.8) is 0 Å². The first-order valence-electron chi connectivity index (χ1n) is 23.2. The van der Waals surface area contributed by atoms with Crippen LogP contribution in [0.5, 0.6) is 0 Å². The number of rotatable bonds is 42. The Labute approximate surface area is 351 Å². The first-order valence-corrected chi connectivity index (χ1v) is 24.7.